The van der Waals surface area contributed by atoms with E-state index < -0.39 is 5.91 Å². The fraction of sp³-hybridized carbons (Fsp3) is 0.421. The fourth-order valence-electron chi connectivity index (χ4n) is 3.55. The summed E-state index contributed by atoms with van der Waals surface area (Å²) in [6.07, 6.45) is 5.09. The molecule has 0 aliphatic carbocycles. The third-order valence-electron chi connectivity index (χ3n) is 5.26. The maximum absolute atomic E-state index is 11.2. The van der Waals surface area contributed by atoms with Gasteiger partial charge < -0.3 is 15.4 Å². The molecule has 0 spiro atoms. The van der Waals surface area contributed by atoms with Gasteiger partial charge in [0.05, 0.1) is 6.61 Å². The molecule has 9 heteroatoms. The molecule has 2 N–H and O–H groups in total. The van der Waals surface area contributed by atoms with E-state index in [0.717, 1.165) is 43.0 Å². The lowest BCUT2D eigenvalue weighted by Crippen LogP contribution is -2.37. The van der Waals surface area contributed by atoms with Crippen molar-refractivity contribution in [3.63, 3.8) is 0 Å². The Kier molecular flexibility index (Phi) is 4.81. The number of fused-ring (bicyclic) bond motifs is 1. The summed E-state index contributed by atoms with van der Waals surface area (Å²) in [6, 6.07) is 3.33. The molecule has 1 saturated heterocycles. The topological polar surface area (TPSA) is 112 Å². The van der Waals surface area contributed by atoms with Crippen LogP contribution in [0.2, 0.25) is 0 Å². The van der Waals surface area contributed by atoms with Crippen LogP contribution in [0.1, 0.15) is 34.6 Å². The Balaban J connectivity index is 1.40. The molecule has 0 radical (unpaired) electrons. The maximum atomic E-state index is 11.2. The number of aryl methyl sites for hydroxylation is 1. The van der Waals surface area contributed by atoms with Crippen LogP contribution < -0.4 is 15.4 Å². The Morgan fingerprint density at radius 2 is 2.07 bits per heavy atom. The molecule has 0 aromatic carbocycles. The highest BCUT2D eigenvalue weighted by atomic mass is 16.5. The van der Waals surface area contributed by atoms with Gasteiger partial charge in [-0.05, 0) is 38.7 Å². The number of nitrogens with two attached hydrogens (primary N) is 1. The van der Waals surface area contributed by atoms with Crippen molar-refractivity contribution in [1.82, 2.24) is 24.6 Å². The monoisotopic (exact) mass is 381 g/mol. The van der Waals surface area contributed by atoms with Crippen LogP contribution in [0.3, 0.4) is 0 Å². The minimum absolute atomic E-state index is 0.215. The molecule has 4 rings (SSSR count). The zero-order valence-electron chi connectivity index (χ0n) is 16.0. The first kappa shape index (κ1) is 18.1. The second-order valence-electron chi connectivity index (χ2n) is 7.10. The molecule has 0 atom stereocenters. The number of rotatable bonds is 5. The number of nitrogens with zero attached hydrogens (tertiary/aromatic N) is 6. The lowest BCUT2D eigenvalue weighted by atomic mass is 9.97. The molecular formula is C19H23N7O2. The summed E-state index contributed by atoms with van der Waals surface area (Å²) in [7, 11) is 0. The van der Waals surface area contributed by atoms with Crippen LogP contribution >= 0.6 is 0 Å². The van der Waals surface area contributed by atoms with Crippen molar-refractivity contribution in [2.24, 2.45) is 11.7 Å². The number of pyridine rings is 1. The van der Waals surface area contributed by atoms with Crippen molar-refractivity contribution in [2.45, 2.75) is 26.7 Å². The Morgan fingerprint density at radius 3 is 2.82 bits per heavy atom. The second kappa shape index (κ2) is 7.41. The standard InChI is InChI=1S/C19H23N7O2/c1-12-13(2)24-19-22-11-23-26(19)18(12)25-7-4-14(5-8-25)10-28-15-3-6-21-16(9-15)17(20)27/h3,6,9,11,14H,4-5,7-8,10H2,1-2H3,(H2,20,27). The second-order valence-corrected chi connectivity index (χ2v) is 7.10. The van der Waals surface area contributed by atoms with Crippen LogP contribution in [0, 0.1) is 19.8 Å². The number of piperidine rings is 1. The number of carbonyl (C=O) groups excluding carboxylic acids is 1. The smallest absolute Gasteiger partial charge is 0.267 e. The summed E-state index contributed by atoms with van der Waals surface area (Å²) in [5.41, 5.74) is 7.59. The Morgan fingerprint density at radius 1 is 1.29 bits per heavy atom. The Hall–Kier alpha value is -3.23. The first-order valence-electron chi connectivity index (χ1n) is 9.33. The minimum atomic E-state index is -0.554. The number of carbonyl (C=O) groups is 1. The van der Waals surface area contributed by atoms with Crippen LogP contribution in [0.5, 0.6) is 5.75 Å². The molecule has 3 aromatic rings. The highest BCUT2D eigenvalue weighted by Crippen LogP contribution is 2.27. The molecular weight excluding hydrogens is 358 g/mol. The number of hydrogen-bond donors (Lipinski definition) is 1. The van der Waals surface area contributed by atoms with Crippen molar-refractivity contribution in [3.8, 4) is 5.75 Å². The lowest BCUT2D eigenvalue weighted by molar-refractivity contribution is 0.0995. The maximum Gasteiger partial charge on any atom is 0.267 e. The molecule has 4 heterocycles. The van der Waals surface area contributed by atoms with Crippen LogP contribution in [-0.2, 0) is 0 Å². The van der Waals surface area contributed by atoms with E-state index in [1.165, 1.54) is 6.20 Å². The SMILES string of the molecule is Cc1nc2ncnn2c(N2CCC(COc3ccnc(C(N)=O)c3)CC2)c1C. The van der Waals surface area contributed by atoms with Gasteiger partial charge in [-0.1, -0.05) is 0 Å². The summed E-state index contributed by atoms with van der Waals surface area (Å²) in [5.74, 6) is 2.21. The van der Waals surface area contributed by atoms with Gasteiger partial charge in [0.1, 0.15) is 23.6 Å². The number of ether oxygens (including phenoxy) is 1. The molecule has 0 bridgehead atoms. The third-order valence-corrected chi connectivity index (χ3v) is 5.26. The van der Waals surface area contributed by atoms with Crippen molar-refractivity contribution >= 4 is 17.5 Å². The quantitative estimate of drug-likeness (QED) is 0.713. The van der Waals surface area contributed by atoms with Crippen molar-refractivity contribution < 1.29 is 9.53 Å². The van der Waals surface area contributed by atoms with Gasteiger partial charge in [0, 0.05) is 36.6 Å². The van der Waals surface area contributed by atoms with Crippen LogP contribution in [-0.4, -0.2) is 50.2 Å². The van der Waals surface area contributed by atoms with Gasteiger partial charge in [0.15, 0.2) is 0 Å². The van der Waals surface area contributed by atoms with E-state index in [4.69, 9.17) is 10.5 Å². The van der Waals surface area contributed by atoms with Gasteiger partial charge in [-0.15, -0.1) is 0 Å². The van der Waals surface area contributed by atoms with E-state index in [1.54, 1.807) is 18.5 Å². The molecule has 1 aliphatic heterocycles. The van der Waals surface area contributed by atoms with E-state index in [-0.39, 0.29) is 5.69 Å². The van der Waals surface area contributed by atoms with Crippen molar-refractivity contribution in [3.05, 3.63) is 41.6 Å². The fourth-order valence-corrected chi connectivity index (χ4v) is 3.55. The summed E-state index contributed by atoms with van der Waals surface area (Å²) in [5, 5.41) is 4.35. The zero-order chi connectivity index (χ0) is 19.7. The molecule has 146 valence electrons. The summed E-state index contributed by atoms with van der Waals surface area (Å²) >= 11 is 0. The van der Waals surface area contributed by atoms with Gasteiger partial charge in [0.2, 0.25) is 0 Å². The van der Waals surface area contributed by atoms with Crippen molar-refractivity contribution in [1.29, 1.82) is 0 Å². The Bertz CT molecular complexity index is 1010. The first-order valence-corrected chi connectivity index (χ1v) is 9.33. The van der Waals surface area contributed by atoms with Gasteiger partial charge in [0.25, 0.3) is 11.7 Å². The minimum Gasteiger partial charge on any atom is -0.493 e. The highest BCUT2D eigenvalue weighted by molar-refractivity contribution is 5.91. The van der Waals surface area contributed by atoms with E-state index >= 15 is 0 Å². The van der Waals surface area contributed by atoms with E-state index in [2.05, 4.69) is 31.9 Å². The molecule has 1 aliphatic rings. The number of amides is 1. The van der Waals surface area contributed by atoms with Crippen molar-refractivity contribution in [2.75, 3.05) is 24.6 Å². The van der Waals surface area contributed by atoms with E-state index in [9.17, 15) is 4.79 Å². The lowest BCUT2D eigenvalue weighted by Gasteiger charge is -2.34. The molecule has 1 amide bonds. The predicted octanol–water partition coefficient (Wildman–Crippen LogP) is 1.53. The number of anilines is 1. The zero-order valence-corrected chi connectivity index (χ0v) is 16.0. The van der Waals surface area contributed by atoms with Crippen LogP contribution in [0.4, 0.5) is 5.82 Å². The normalized spacial score (nSPS) is 15.1. The average molecular weight is 381 g/mol. The third kappa shape index (κ3) is 3.47. The molecule has 3 aromatic heterocycles. The van der Waals surface area contributed by atoms with Gasteiger partial charge in [-0.3, -0.25) is 9.78 Å². The number of aromatic nitrogens is 5. The van der Waals surface area contributed by atoms with E-state index in [1.807, 2.05) is 11.4 Å². The van der Waals surface area contributed by atoms with Gasteiger partial charge in [-0.25, -0.2) is 4.98 Å². The number of primary amides is 1. The van der Waals surface area contributed by atoms with E-state index in [0.29, 0.717) is 24.1 Å². The molecule has 9 nitrogen and oxygen atoms in total. The van der Waals surface area contributed by atoms with Gasteiger partial charge >= 0.3 is 0 Å². The summed E-state index contributed by atoms with van der Waals surface area (Å²) in [4.78, 5) is 26.2. The van der Waals surface area contributed by atoms with Crippen LogP contribution in [0.25, 0.3) is 5.78 Å². The highest BCUT2D eigenvalue weighted by Gasteiger charge is 2.24. The molecule has 1 fully saturated rings. The summed E-state index contributed by atoms with van der Waals surface area (Å²) in [6.45, 7) is 6.51. The summed E-state index contributed by atoms with van der Waals surface area (Å²) < 4.78 is 7.70. The first-order chi connectivity index (χ1) is 13.5. The Labute approximate surface area is 162 Å². The van der Waals surface area contributed by atoms with Gasteiger partial charge in [-0.2, -0.15) is 14.6 Å². The molecule has 28 heavy (non-hydrogen) atoms. The predicted molar refractivity (Wildman–Crippen MR) is 103 cm³/mol. The molecule has 0 saturated carbocycles. The largest absolute Gasteiger partial charge is 0.493 e. The average Bonchev–Trinajstić information content (AvgIpc) is 3.16. The molecule has 0 unspecified atom stereocenters. The number of hydrogen-bond acceptors (Lipinski definition) is 7. The van der Waals surface area contributed by atoms with Crippen LogP contribution in [0.15, 0.2) is 24.7 Å².